The molecule has 0 radical (unpaired) electrons. The Balaban J connectivity index is 1.46. The highest BCUT2D eigenvalue weighted by Crippen LogP contribution is 2.28. The van der Waals surface area contributed by atoms with Crippen molar-refractivity contribution >= 4 is 33.8 Å². The van der Waals surface area contributed by atoms with Gasteiger partial charge in [-0.25, -0.2) is 4.79 Å². The first kappa shape index (κ1) is 22.4. The van der Waals surface area contributed by atoms with Crippen LogP contribution >= 0.6 is 0 Å². The molecule has 1 heterocycles. The van der Waals surface area contributed by atoms with Crippen molar-refractivity contribution in [3.05, 3.63) is 84.4 Å². The number of hydrogen-bond donors (Lipinski definition) is 2. The smallest absolute Gasteiger partial charge is 0.408 e. The van der Waals surface area contributed by atoms with Gasteiger partial charge in [-0.15, -0.1) is 0 Å². The van der Waals surface area contributed by atoms with Gasteiger partial charge in [0.2, 0.25) is 5.91 Å². The number of nitrogens with zero attached hydrogens (tertiary/aromatic N) is 1. The van der Waals surface area contributed by atoms with E-state index in [0.717, 1.165) is 33.8 Å². The SMILES string of the molecule is CCC(C)[C@H](NC(=O)OCc1ccccc1)C(=O)NCn1c2ccccc2c2ccccc21. The number of alkyl carbamates (subject to hydrolysis) is 1. The molecule has 6 heteroatoms. The van der Waals surface area contributed by atoms with Crippen molar-refractivity contribution in [1.29, 1.82) is 0 Å². The lowest BCUT2D eigenvalue weighted by Crippen LogP contribution is -2.50. The molecule has 6 nitrogen and oxygen atoms in total. The van der Waals surface area contributed by atoms with Gasteiger partial charge in [0.15, 0.2) is 0 Å². The summed E-state index contributed by atoms with van der Waals surface area (Å²) in [5, 5.41) is 8.06. The molecule has 1 aromatic heterocycles. The molecular formula is C27H29N3O3. The number of fused-ring (bicyclic) bond motifs is 3. The molecule has 0 aliphatic carbocycles. The third-order valence-electron chi connectivity index (χ3n) is 6.07. The van der Waals surface area contributed by atoms with E-state index in [0.29, 0.717) is 6.67 Å². The zero-order chi connectivity index (χ0) is 23.2. The van der Waals surface area contributed by atoms with Crippen molar-refractivity contribution in [2.45, 2.75) is 39.6 Å². The van der Waals surface area contributed by atoms with Crippen LogP contribution in [0.25, 0.3) is 21.8 Å². The fourth-order valence-electron chi connectivity index (χ4n) is 4.03. The molecule has 170 valence electrons. The van der Waals surface area contributed by atoms with Crippen LogP contribution in [0.5, 0.6) is 0 Å². The molecule has 0 spiro atoms. The molecular weight excluding hydrogens is 414 g/mol. The molecule has 0 fully saturated rings. The highest BCUT2D eigenvalue weighted by Gasteiger charge is 2.26. The van der Waals surface area contributed by atoms with Gasteiger partial charge in [0.25, 0.3) is 0 Å². The van der Waals surface area contributed by atoms with Gasteiger partial charge in [-0.1, -0.05) is 87.0 Å². The van der Waals surface area contributed by atoms with Gasteiger partial charge in [0, 0.05) is 10.8 Å². The fourth-order valence-corrected chi connectivity index (χ4v) is 4.03. The number of carbonyl (C=O) groups is 2. The number of aromatic nitrogens is 1. The highest BCUT2D eigenvalue weighted by atomic mass is 16.5. The summed E-state index contributed by atoms with van der Waals surface area (Å²) in [7, 11) is 0. The molecule has 0 bridgehead atoms. The number of ether oxygens (including phenoxy) is 1. The summed E-state index contributed by atoms with van der Waals surface area (Å²) in [6.07, 6.45) is 0.142. The van der Waals surface area contributed by atoms with Gasteiger partial charge in [-0.3, -0.25) is 4.79 Å². The molecule has 33 heavy (non-hydrogen) atoms. The number of rotatable bonds is 8. The Morgan fingerprint density at radius 2 is 1.45 bits per heavy atom. The van der Waals surface area contributed by atoms with Crippen LogP contribution in [0.15, 0.2) is 78.9 Å². The lowest BCUT2D eigenvalue weighted by molar-refractivity contribution is -0.124. The first-order chi connectivity index (χ1) is 16.1. The molecule has 2 amide bonds. The minimum Gasteiger partial charge on any atom is -0.445 e. The van der Waals surface area contributed by atoms with Crippen molar-refractivity contribution in [1.82, 2.24) is 15.2 Å². The number of para-hydroxylation sites is 2. The molecule has 2 N–H and O–H groups in total. The van der Waals surface area contributed by atoms with Crippen LogP contribution in [0.1, 0.15) is 25.8 Å². The summed E-state index contributed by atoms with van der Waals surface area (Å²) in [5.41, 5.74) is 2.99. The maximum Gasteiger partial charge on any atom is 0.408 e. The van der Waals surface area contributed by atoms with E-state index in [1.54, 1.807) is 0 Å². The van der Waals surface area contributed by atoms with E-state index in [-0.39, 0.29) is 18.4 Å². The maximum atomic E-state index is 13.1. The predicted molar refractivity (Wildman–Crippen MR) is 131 cm³/mol. The van der Waals surface area contributed by atoms with E-state index in [4.69, 9.17) is 4.74 Å². The highest BCUT2D eigenvalue weighted by molar-refractivity contribution is 6.08. The van der Waals surface area contributed by atoms with Crippen molar-refractivity contribution < 1.29 is 14.3 Å². The zero-order valence-electron chi connectivity index (χ0n) is 19.0. The Morgan fingerprint density at radius 3 is 2.06 bits per heavy atom. The van der Waals surface area contributed by atoms with E-state index in [1.807, 2.05) is 80.6 Å². The molecule has 3 aromatic carbocycles. The van der Waals surface area contributed by atoms with Gasteiger partial charge < -0.3 is 19.9 Å². The lowest BCUT2D eigenvalue weighted by Gasteiger charge is -2.23. The van der Waals surface area contributed by atoms with Crippen molar-refractivity contribution in [2.24, 2.45) is 5.92 Å². The average molecular weight is 444 g/mol. The maximum absolute atomic E-state index is 13.1. The van der Waals surface area contributed by atoms with Crippen LogP contribution in [0.3, 0.4) is 0 Å². The van der Waals surface area contributed by atoms with Crippen LogP contribution in [-0.4, -0.2) is 22.6 Å². The summed E-state index contributed by atoms with van der Waals surface area (Å²) in [5.74, 6) is -0.282. The van der Waals surface area contributed by atoms with Crippen LogP contribution in [0, 0.1) is 5.92 Å². The largest absolute Gasteiger partial charge is 0.445 e. The number of benzene rings is 3. The Labute approximate surface area is 193 Å². The second-order valence-corrected chi connectivity index (χ2v) is 8.23. The topological polar surface area (TPSA) is 72.4 Å². The van der Waals surface area contributed by atoms with Crippen LogP contribution in [-0.2, 0) is 22.8 Å². The van der Waals surface area contributed by atoms with Crippen molar-refractivity contribution in [3.8, 4) is 0 Å². The Hall–Kier alpha value is -3.80. The molecule has 0 aliphatic rings. The molecule has 4 rings (SSSR count). The molecule has 0 saturated heterocycles. The predicted octanol–water partition coefficient (Wildman–Crippen LogP) is 5.21. The molecule has 0 aliphatic heterocycles. The summed E-state index contributed by atoms with van der Waals surface area (Å²) in [6, 6.07) is 25.1. The molecule has 4 aromatic rings. The Morgan fingerprint density at radius 1 is 0.879 bits per heavy atom. The Bertz CT molecular complexity index is 1200. The molecule has 2 atom stereocenters. The van der Waals surface area contributed by atoms with Crippen molar-refractivity contribution in [3.63, 3.8) is 0 Å². The summed E-state index contributed by atoms with van der Waals surface area (Å²) < 4.78 is 7.42. The van der Waals surface area contributed by atoms with Gasteiger partial charge >= 0.3 is 6.09 Å². The number of amides is 2. The fraction of sp³-hybridized carbons (Fsp3) is 0.259. The van der Waals surface area contributed by atoms with E-state index < -0.39 is 12.1 Å². The average Bonchev–Trinajstić information content (AvgIpc) is 3.18. The van der Waals surface area contributed by atoms with E-state index >= 15 is 0 Å². The third-order valence-corrected chi connectivity index (χ3v) is 6.07. The zero-order valence-corrected chi connectivity index (χ0v) is 19.0. The molecule has 0 saturated carbocycles. The van der Waals surface area contributed by atoms with Gasteiger partial charge in [0.1, 0.15) is 12.6 Å². The normalized spacial score (nSPS) is 12.9. The summed E-state index contributed by atoms with van der Waals surface area (Å²) in [4.78, 5) is 25.5. The lowest BCUT2D eigenvalue weighted by atomic mass is 9.98. The van der Waals surface area contributed by atoms with Gasteiger partial charge in [0.05, 0.1) is 17.7 Å². The Kier molecular flexibility index (Phi) is 6.93. The second-order valence-electron chi connectivity index (χ2n) is 8.23. The molecule has 1 unspecified atom stereocenters. The van der Waals surface area contributed by atoms with Crippen LogP contribution in [0.2, 0.25) is 0 Å². The minimum absolute atomic E-state index is 0.0487. The quantitative estimate of drug-likeness (QED) is 0.393. The standard InChI is InChI=1S/C27H29N3O3/c1-3-19(2)25(29-27(32)33-17-20-11-5-4-6-12-20)26(31)28-18-30-23-15-9-7-13-21(23)22-14-8-10-16-24(22)30/h4-16,19,25H,3,17-18H2,1-2H3,(H,28,31)(H,29,32)/t19?,25-/m0/s1. The second kappa shape index (κ2) is 10.2. The number of carbonyl (C=O) groups excluding carboxylic acids is 2. The van der Waals surface area contributed by atoms with Crippen LogP contribution in [0.4, 0.5) is 4.79 Å². The monoisotopic (exact) mass is 443 g/mol. The first-order valence-electron chi connectivity index (χ1n) is 11.3. The van der Waals surface area contributed by atoms with E-state index in [9.17, 15) is 9.59 Å². The van der Waals surface area contributed by atoms with E-state index in [1.165, 1.54) is 0 Å². The minimum atomic E-state index is -0.689. The van der Waals surface area contributed by atoms with Crippen molar-refractivity contribution in [2.75, 3.05) is 0 Å². The van der Waals surface area contributed by atoms with Crippen LogP contribution < -0.4 is 10.6 Å². The van der Waals surface area contributed by atoms with Gasteiger partial charge in [-0.05, 0) is 23.6 Å². The third kappa shape index (κ3) is 5.00. The summed E-state index contributed by atoms with van der Waals surface area (Å²) in [6.45, 7) is 4.40. The summed E-state index contributed by atoms with van der Waals surface area (Å²) >= 11 is 0. The van der Waals surface area contributed by atoms with E-state index in [2.05, 4.69) is 27.3 Å². The number of hydrogen-bond acceptors (Lipinski definition) is 3. The van der Waals surface area contributed by atoms with Gasteiger partial charge in [-0.2, -0.15) is 0 Å². The first-order valence-corrected chi connectivity index (χ1v) is 11.3. The number of nitrogens with one attached hydrogen (secondary N) is 2.